The minimum atomic E-state index is 0.416. The Kier molecular flexibility index (Phi) is 3.69. The largest absolute Gasteiger partial charge is 0.310 e. The normalized spacial score (nSPS) is 40.4. The summed E-state index contributed by atoms with van der Waals surface area (Å²) in [4.78, 5) is 2.75. The number of hydrogen-bond acceptors (Lipinski definition) is 3. The predicted octanol–water partition coefficient (Wildman–Crippen LogP) is 2.35. The highest BCUT2D eigenvalue weighted by Gasteiger charge is 2.43. The summed E-state index contributed by atoms with van der Waals surface area (Å²) in [6.07, 6.45) is 7.14. The molecule has 0 amide bonds. The lowest BCUT2D eigenvalue weighted by atomic mass is 9.95. The number of rotatable bonds is 3. The average molecular weight is 254 g/mol. The summed E-state index contributed by atoms with van der Waals surface area (Å²) in [5.41, 5.74) is 0.416. The summed E-state index contributed by atoms with van der Waals surface area (Å²) in [6, 6.07) is 0. The van der Waals surface area contributed by atoms with Gasteiger partial charge < -0.3 is 10.2 Å². The van der Waals surface area contributed by atoms with Gasteiger partial charge in [0.1, 0.15) is 0 Å². The van der Waals surface area contributed by atoms with E-state index in [4.69, 9.17) is 0 Å². The molecule has 0 aromatic rings. The van der Waals surface area contributed by atoms with Gasteiger partial charge in [-0.05, 0) is 63.8 Å². The molecule has 2 heterocycles. The van der Waals surface area contributed by atoms with E-state index >= 15 is 0 Å². The molecule has 0 bridgehead atoms. The van der Waals surface area contributed by atoms with Gasteiger partial charge in [0, 0.05) is 23.9 Å². The van der Waals surface area contributed by atoms with Crippen LogP contribution >= 0.6 is 11.8 Å². The van der Waals surface area contributed by atoms with Crippen molar-refractivity contribution in [3.63, 3.8) is 0 Å². The Labute approximate surface area is 110 Å². The van der Waals surface area contributed by atoms with Crippen LogP contribution in [0.4, 0.5) is 0 Å². The Hall–Kier alpha value is 0.270. The fraction of sp³-hybridized carbons (Fsp3) is 1.00. The van der Waals surface area contributed by atoms with Gasteiger partial charge in [0.15, 0.2) is 0 Å². The maximum atomic E-state index is 3.83. The molecular weight excluding hydrogens is 228 g/mol. The van der Waals surface area contributed by atoms with E-state index in [1.54, 1.807) is 0 Å². The lowest BCUT2D eigenvalue weighted by molar-refractivity contribution is 0.201. The molecule has 2 unspecified atom stereocenters. The number of nitrogens with one attached hydrogen (secondary N) is 1. The first-order chi connectivity index (χ1) is 8.26. The Morgan fingerprint density at radius 2 is 2.18 bits per heavy atom. The van der Waals surface area contributed by atoms with Crippen LogP contribution in [0.3, 0.4) is 0 Å². The summed E-state index contributed by atoms with van der Waals surface area (Å²) in [5.74, 6) is 2.36. The summed E-state index contributed by atoms with van der Waals surface area (Å²) >= 11 is 2.20. The zero-order valence-electron chi connectivity index (χ0n) is 11.1. The zero-order chi connectivity index (χ0) is 11.7. The van der Waals surface area contributed by atoms with Crippen LogP contribution in [0.15, 0.2) is 0 Å². The van der Waals surface area contributed by atoms with Gasteiger partial charge in [0.25, 0.3) is 0 Å². The minimum Gasteiger partial charge on any atom is -0.310 e. The van der Waals surface area contributed by atoms with Gasteiger partial charge in [-0.1, -0.05) is 0 Å². The van der Waals surface area contributed by atoms with E-state index in [2.05, 4.69) is 28.9 Å². The first kappa shape index (κ1) is 12.3. The highest BCUT2D eigenvalue weighted by molar-refractivity contribution is 8.00. The van der Waals surface area contributed by atoms with Crippen LogP contribution in [-0.2, 0) is 0 Å². The van der Waals surface area contributed by atoms with Crippen molar-refractivity contribution >= 4 is 11.8 Å². The molecule has 98 valence electrons. The van der Waals surface area contributed by atoms with E-state index in [9.17, 15) is 0 Å². The highest BCUT2D eigenvalue weighted by atomic mass is 32.2. The Bertz CT molecular complexity index is 261. The molecule has 2 nitrogen and oxygen atoms in total. The maximum Gasteiger partial charge on any atom is 0.0308 e. The zero-order valence-corrected chi connectivity index (χ0v) is 11.9. The van der Waals surface area contributed by atoms with Crippen LogP contribution in [0.25, 0.3) is 0 Å². The van der Waals surface area contributed by atoms with E-state index in [1.165, 1.54) is 64.0 Å². The van der Waals surface area contributed by atoms with Crippen molar-refractivity contribution < 1.29 is 0 Å². The third kappa shape index (κ3) is 2.99. The van der Waals surface area contributed by atoms with Crippen molar-refractivity contribution in [1.29, 1.82) is 0 Å². The van der Waals surface area contributed by atoms with Crippen molar-refractivity contribution in [2.45, 2.75) is 49.8 Å². The third-order valence-corrected chi connectivity index (χ3v) is 6.08. The van der Waals surface area contributed by atoms with E-state index in [0.29, 0.717) is 5.54 Å². The van der Waals surface area contributed by atoms with E-state index < -0.39 is 0 Å². The summed E-state index contributed by atoms with van der Waals surface area (Å²) < 4.78 is 0. The molecule has 0 spiro atoms. The molecule has 1 aliphatic carbocycles. The monoisotopic (exact) mass is 254 g/mol. The molecule has 1 N–H and O–H groups in total. The molecule has 1 saturated carbocycles. The fourth-order valence-corrected chi connectivity index (χ4v) is 4.82. The Morgan fingerprint density at radius 1 is 1.29 bits per heavy atom. The first-order valence-corrected chi connectivity index (χ1v) is 8.40. The minimum absolute atomic E-state index is 0.416. The number of hydrogen-bond donors (Lipinski definition) is 1. The molecule has 3 heteroatoms. The van der Waals surface area contributed by atoms with Gasteiger partial charge in [-0.15, -0.1) is 0 Å². The fourth-order valence-electron chi connectivity index (χ4n) is 3.50. The quantitative estimate of drug-likeness (QED) is 0.832. The van der Waals surface area contributed by atoms with Crippen LogP contribution in [-0.4, -0.2) is 47.6 Å². The van der Waals surface area contributed by atoms with E-state index in [0.717, 1.165) is 11.2 Å². The van der Waals surface area contributed by atoms with Crippen molar-refractivity contribution in [2.24, 2.45) is 5.92 Å². The molecule has 3 fully saturated rings. The summed E-state index contributed by atoms with van der Waals surface area (Å²) in [6.45, 7) is 7.63. The predicted molar refractivity (Wildman–Crippen MR) is 75.7 cm³/mol. The van der Waals surface area contributed by atoms with Crippen molar-refractivity contribution in [3.05, 3.63) is 0 Å². The van der Waals surface area contributed by atoms with Crippen LogP contribution in [0.2, 0.25) is 0 Å². The molecule has 0 radical (unpaired) electrons. The van der Waals surface area contributed by atoms with Crippen LogP contribution in [0, 0.1) is 5.92 Å². The van der Waals surface area contributed by atoms with Gasteiger partial charge in [-0.25, -0.2) is 0 Å². The first-order valence-electron chi connectivity index (χ1n) is 7.35. The van der Waals surface area contributed by atoms with Gasteiger partial charge in [0.05, 0.1) is 0 Å². The van der Waals surface area contributed by atoms with Crippen LogP contribution in [0.1, 0.15) is 39.0 Å². The Balaban J connectivity index is 1.58. The molecule has 2 atom stereocenters. The maximum absolute atomic E-state index is 3.83. The molecular formula is C14H26N2S. The molecule has 17 heavy (non-hydrogen) atoms. The average Bonchev–Trinajstić information content (AvgIpc) is 3.07. The molecule has 0 aromatic carbocycles. The van der Waals surface area contributed by atoms with Gasteiger partial charge in [-0.2, -0.15) is 11.8 Å². The summed E-state index contributed by atoms with van der Waals surface area (Å²) in [7, 11) is 0. The van der Waals surface area contributed by atoms with Crippen molar-refractivity contribution in [1.82, 2.24) is 10.2 Å². The Morgan fingerprint density at radius 3 is 2.88 bits per heavy atom. The number of thioether (sulfide) groups is 1. The van der Waals surface area contributed by atoms with Crippen molar-refractivity contribution in [3.8, 4) is 0 Å². The molecule has 3 aliphatic rings. The van der Waals surface area contributed by atoms with Crippen molar-refractivity contribution in [2.75, 3.05) is 31.9 Å². The standard InChI is InChI=1S/C14H26N2S/c1-14(12-5-6-12)11-16(8-3-7-15-14)10-13-4-2-9-17-13/h12-13,15H,2-11H2,1H3. The SMILES string of the molecule is CC1(C2CC2)CN(CC2CCCS2)CCCN1. The third-order valence-electron chi connectivity index (χ3n) is 4.70. The lowest BCUT2D eigenvalue weighted by Gasteiger charge is -2.34. The van der Waals surface area contributed by atoms with Crippen LogP contribution < -0.4 is 5.32 Å². The molecule has 3 rings (SSSR count). The second-order valence-electron chi connectivity index (χ2n) is 6.34. The van der Waals surface area contributed by atoms with Gasteiger partial charge >= 0.3 is 0 Å². The summed E-state index contributed by atoms with van der Waals surface area (Å²) in [5, 5.41) is 4.75. The molecule has 0 aromatic heterocycles. The van der Waals surface area contributed by atoms with Gasteiger partial charge in [0.2, 0.25) is 0 Å². The highest BCUT2D eigenvalue weighted by Crippen LogP contribution is 2.40. The smallest absolute Gasteiger partial charge is 0.0308 e. The van der Waals surface area contributed by atoms with E-state index in [1.807, 2.05) is 0 Å². The second-order valence-corrected chi connectivity index (χ2v) is 7.75. The van der Waals surface area contributed by atoms with Crippen LogP contribution in [0.5, 0.6) is 0 Å². The lowest BCUT2D eigenvalue weighted by Crippen LogP contribution is -2.51. The molecule has 2 aliphatic heterocycles. The van der Waals surface area contributed by atoms with E-state index in [-0.39, 0.29) is 0 Å². The van der Waals surface area contributed by atoms with Gasteiger partial charge in [-0.3, -0.25) is 0 Å². The molecule has 2 saturated heterocycles. The second kappa shape index (κ2) is 5.10. The topological polar surface area (TPSA) is 15.3 Å². The number of nitrogens with zero attached hydrogens (tertiary/aromatic N) is 1.